The van der Waals surface area contributed by atoms with E-state index in [1.165, 1.54) is 4.90 Å². The lowest BCUT2D eigenvalue weighted by atomic mass is 9.90. The van der Waals surface area contributed by atoms with Gasteiger partial charge in [-0.05, 0) is 48.6 Å². The molecule has 0 radical (unpaired) electrons. The Morgan fingerprint density at radius 3 is 2.42 bits per heavy atom. The molecule has 11 heteroatoms. The molecule has 0 aliphatic carbocycles. The number of amides is 1. The molecule has 1 aromatic carbocycles. The van der Waals surface area contributed by atoms with Gasteiger partial charge in [-0.25, -0.2) is 13.2 Å². The van der Waals surface area contributed by atoms with E-state index in [-0.39, 0.29) is 12.5 Å². The molecule has 1 aromatic heterocycles. The third kappa shape index (κ3) is 5.66. The molecule has 1 fully saturated rings. The topological polar surface area (TPSA) is 96.8 Å². The second kappa shape index (κ2) is 8.74. The fourth-order valence-electron chi connectivity index (χ4n) is 3.41. The van der Waals surface area contributed by atoms with Gasteiger partial charge in [0.2, 0.25) is 0 Å². The van der Waals surface area contributed by atoms with Crippen LogP contribution in [0.4, 0.5) is 18.0 Å². The van der Waals surface area contributed by atoms with Crippen LogP contribution in [0.1, 0.15) is 35.6 Å². The Morgan fingerprint density at radius 2 is 1.90 bits per heavy atom. The van der Waals surface area contributed by atoms with Crippen LogP contribution < -0.4 is 4.74 Å². The minimum atomic E-state index is -4.78. The zero-order valence-corrected chi connectivity index (χ0v) is 17.4. The number of ether oxygens (including phenoxy) is 1. The van der Waals surface area contributed by atoms with Crippen molar-refractivity contribution < 1.29 is 36.2 Å². The Hall–Kier alpha value is -2.82. The summed E-state index contributed by atoms with van der Waals surface area (Å²) in [6, 6.07) is 6.08. The third-order valence-corrected chi connectivity index (χ3v) is 6.25. The van der Waals surface area contributed by atoms with Crippen molar-refractivity contribution >= 4 is 15.9 Å². The molecule has 1 aliphatic rings. The van der Waals surface area contributed by atoms with Crippen LogP contribution in [0.3, 0.4) is 0 Å². The van der Waals surface area contributed by atoms with E-state index in [1.807, 2.05) is 6.07 Å². The number of nitrogens with zero attached hydrogens (tertiary/aromatic N) is 2. The van der Waals surface area contributed by atoms with Gasteiger partial charge in [0.1, 0.15) is 12.4 Å². The number of carboxylic acid groups (broad SMARTS) is 1. The number of sulfone groups is 1. The van der Waals surface area contributed by atoms with Gasteiger partial charge in [0.25, 0.3) is 0 Å². The average molecular weight is 458 g/mol. The van der Waals surface area contributed by atoms with Crippen molar-refractivity contribution in [3.8, 4) is 5.75 Å². The third-order valence-electron chi connectivity index (χ3n) is 5.14. The summed E-state index contributed by atoms with van der Waals surface area (Å²) >= 11 is 0. The van der Waals surface area contributed by atoms with Gasteiger partial charge in [-0.15, -0.1) is 0 Å². The molecule has 3 rings (SSSR count). The molecular weight excluding hydrogens is 437 g/mol. The highest BCUT2D eigenvalue weighted by molar-refractivity contribution is 7.90. The van der Waals surface area contributed by atoms with Gasteiger partial charge in [-0.1, -0.05) is 6.07 Å². The molecule has 7 nitrogen and oxygen atoms in total. The van der Waals surface area contributed by atoms with Crippen LogP contribution in [-0.2, 0) is 22.6 Å². The molecule has 0 spiro atoms. The molecule has 0 atom stereocenters. The first-order valence-electron chi connectivity index (χ1n) is 9.42. The molecular formula is C20H21F3N2O5S. The molecule has 1 N–H and O–H groups in total. The summed E-state index contributed by atoms with van der Waals surface area (Å²) in [5.41, 5.74) is 0.173. The van der Waals surface area contributed by atoms with E-state index >= 15 is 0 Å². The molecule has 2 heterocycles. The molecule has 1 amide bonds. The molecule has 1 aliphatic heterocycles. The summed E-state index contributed by atoms with van der Waals surface area (Å²) < 4.78 is 68.5. The molecule has 0 bridgehead atoms. The van der Waals surface area contributed by atoms with Crippen molar-refractivity contribution in [1.29, 1.82) is 0 Å². The first-order valence-corrected chi connectivity index (χ1v) is 11.3. The fourth-order valence-corrected chi connectivity index (χ4v) is 4.05. The van der Waals surface area contributed by atoms with E-state index in [0.29, 0.717) is 37.7 Å². The van der Waals surface area contributed by atoms with E-state index in [1.54, 1.807) is 12.3 Å². The molecule has 0 unspecified atom stereocenters. The first kappa shape index (κ1) is 22.9. The zero-order chi connectivity index (χ0) is 22.8. The van der Waals surface area contributed by atoms with Gasteiger partial charge < -0.3 is 14.7 Å². The number of alkyl halides is 3. The predicted molar refractivity (Wildman–Crippen MR) is 105 cm³/mol. The number of pyridine rings is 1. The van der Waals surface area contributed by atoms with Crippen molar-refractivity contribution in [1.82, 2.24) is 9.88 Å². The van der Waals surface area contributed by atoms with Crippen molar-refractivity contribution in [2.75, 3.05) is 19.3 Å². The van der Waals surface area contributed by atoms with Crippen molar-refractivity contribution in [2.45, 2.75) is 36.4 Å². The second-order valence-electron chi connectivity index (χ2n) is 7.34. The monoisotopic (exact) mass is 458 g/mol. The lowest BCUT2D eigenvalue weighted by Crippen LogP contribution is -2.36. The lowest BCUT2D eigenvalue weighted by Gasteiger charge is -2.30. The van der Waals surface area contributed by atoms with Crippen molar-refractivity contribution in [3.05, 3.63) is 53.3 Å². The predicted octanol–water partition coefficient (Wildman–Crippen LogP) is 3.94. The summed E-state index contributed by atoms with van der Waals surface area (Å²) in [6.45, 7) is 0.655. The normalized spacial score (nSPS) is 15.7. The first-order chi connectivity index (χ1) is 14.4. The van der Waals surface area contributed by atoms with Crippen molar-refractivity contribution in [2.24, 2.45) is 0 Å². The summed E-state index contributed by atoms with van der Waals surface area (Å²) in [4.78, 5) is 16.1. The Labute approximate surface area is 177 Å². The number of halogens is 3. The van der Waals surface area contributed by atoms with Gasteiger partial charge in [0.05, 0.1) is 16.2 Å². The second-order valence-corrected chi connectivity index (χ2v) is 9.36. The van der Waals surface area contributed by atoms with Crippen LogP contribution >= 0.6 is 0 Å². The number of likely N-dealkylation sites (tertiary alicyclic amines) is 1. The summed E-state index contributed by atoms with van der Waals surface area (Å²) in [6.07, 6.45) is -1.92. The van der Waals surface area contributed by atoms with Gasteiger partial charge in [0, 0.05) is 25.5 Å². The number of piperidine rings is 1. The maximum absolute atomic E-state index is 13.3. The van der Waals surface area contributed by atoms with Crippen LogP contribution in [0, 0.1) is 0 Å². The molecule has 1 saturated heterocycles. The summed E-state index contributed by atoms with van der Waals surface area (Å²) in [5.74, 6) is -0.315. The van der Waals surface area contributed by atoms with Crippen LogP contribution in [-0.4, -0.2) is 48.8 Å². The van der Waals surface area contributed by atoms with Gasteiger partial charge in [0.15, 0.2) is 9.84 Å². The highest BCUT2D eigenvalue weighted by atomic mass is 32.2. The van der Waals surface area contributed by atoms with Crippen LogP contribution in [0.15, 0.2) is 41.4 Å². The fraction of sp³-hybridized carbons (Fsp3) is 0.400. The Balaban J connectivity index is 1.68. The summed E-state index contributed by atoms with van der Waals surface area (Å²) in [5, 5.41) is 9.01. The van der Waals surface area contributed by atoms with E-state index in [4.69, 9.17) is 9.84 Å². The smallest absolute Gasteiger partial charge is 0.420 e. The van der Waals surface area contributed by atoms with Crippen molar-refractivity contribution in [3.63, 3.8) is 0 Å². The maximum atomic E-state index is 13.3. The number of carbonyl (C=O) groups is 1. The number of benzene rings is 1. The Kier molecular flexibility index (Phi) is 6.44. The molecule has 31 heavy (non-hydrogen) atoms. The number of hydrogen-bond donors (Lipinski definition) is 1. The largest absolute Gasteiger partial charge is 0.487 e. The van der Waals surface area contributed by atoms with E-state index in [0.717, 1.165) is 24.0 Å². The van der Waals surface area contributed by atoms with E-state index in [2.05, 4.69) is 4.98 Å². The van der Waals surface area contributed by atoms with E-state index < -0.39 is 38.3 Å². The molecule has 168 valence electrons. The maximum Gasteiger partial charge on any atom is 0.420 e. The molecule has 2 aromatic rings. The number of aromatic nitrogens is 1. The lowest BCUT2D eigenvalue weighted by molar-refractivity contribution is -0.139. The minimum Gasteiger partial charge on any atom is -0.487 e. The van der Waals surface area contributed by atoms with E-state index in [9.17, 15) is 26.4 Å². The Bertz CT molecular complexity index is 1050. The highest BCUT2D eigenvalue weighted by Crippen LogP contribution is 2.38. The quantitative estimate of drug-likeness (QED) is 0.729. The average Bonchev–Trinajstić information content (AvgIpc) is 2.71. The standard InChI is InChI=1S/C20H21F3N2O5S/c1-31(28,29)16-4-5-18(17(10-16)20(21,22)23)30-12-15-3-2-14(11-24-15)13-6-8-25(9-7-13)19(26)27/h2-5,10-11,13H,6-9,12H2,1H3,(H,26,27). The van der Waals surface area contributed by atoms with Crippen LogP contribution in [0.5, 0.6) is 5.75 Å². The number of rotatable bonds is 5. The summed E-state index contributed by atoms with van der Waals surface area (Å²) in [7, 11) is -3.80. The molecule has 0 saturated carbocycles. The SMILES string of the molecule is CS(=O)(=O)c1ccc(OCc2ccc(C3CCN(C(=O)O)CC3)cn2)c(C(F)(F)F)c1. The van der Waals surface area contributed by atoms with Crippen LogP contribution in [0.2, 0.25) is 0 Å². The Morgan fingerprint density at radius 1 is 1.23 bits per heavy atom. The minimum absolute atomic E-state index is 0.165. The van der Waals surface area contributed by atoms with Crippen LogP contribution in [0.25, 0.3) is 0 Å². The van der Waals surface area contributed by atoms with Gasteiger partial charge >= 0.3 is 12.3 Å². The van der Waals surface area contributed by atoms with Gasteiger partial charge in [-0.3, -0.25) is 4.98 Å². The number of hydrogen-bond acceptors (Lipinski definition) is 5. The van der Waals surface area contributed by atoms with Gasteiger partial charge in [-0.2, -0.15) is 13.2 Å². The highest BCUT2D eigenvalue weighted by Gasteiger charge is 2.35. The zero-order valence-electron chi connectivity index (χ0n) is 16.6.